The molecule has 1 aromatic carbocycles. The number of rotatable bonds is 7. The average molecular weight is 481 g/mol. The number of nitrogens with zero attached hydrogens (tertiary/aromatic N) is 2. The fraction of sp³-hybridized carbons (Fsp3) is 0.320. The fourth-order valence-electron chi connectivity index (χ4n) is 3.82. The van der Waals surface area contributed by atoms with Gasteiger partial charge in [0.25, 0.3) is 5.56 Å². The van der Waals surface area contributed by atoms with Gasteiger partial charge < -0.3 is 14.9 Å². The van der Waals surface area contributed by atoms with Crippen molar-refractivity contribution in [3.63, 3.8) is 0 Å². The predicted molar refractivity (Wildman–Crippen MR) is 138 cm³/mol. The first-order valence-electron chi connectivity index (χ1n) is 10.9. The molecule has 0 aliphatic heterocycles. The molecular weight excluding hydrogens is 452 g/mol. The van der Waals surface area contributed by atoms with Crippen LogP contribution in [0.15, 0.2) is 41.2 Å². The van der Waals surface area contributed by atoms with Crippen LogP contribution in [0, 0.1) is 27.7 Å². The minimum Gasteiger partial charge on any atom is -0.351 e. The number of nitrogens with one attached hydrogen (secondary N) is 2. The monoisotopic (exact) mass is 480 g/mol. The Morgan fingerprint density at radius 2 is 1.79 bits per heavy atom. The van der Waals surface area contributed by atoms with Crippen molar-refractivity contribution in [2.75, 3.05) is 0 Å². The highest BCUT2D eigenvalue weighted by Crippen LogP contribution is 2.26. The lowest BCUT2D eigenvalue weighted by atomic mass is 10.2. The third-order valence-corrected chi connectivity index (χ3v) is 8.12. The SMILES string of the molecule is Cc1sc2nc(CS[C@@H](C)C(=O)NCc3ccc(-n4c(C)ccc4C)cc3)[nH]c(=O)c2c1C. The molecule has 1 amide bonds. The standard InChI is InChI=1S/C25H28N4O2S2/c1-14-6-7-15(2)29(14)20-10-8-19(9-11-20)12-26-23(30)18(5)32-13-21-27-24(31)22-16(3)17(4)33-25(22)28-21/h6-11,18H,12-13H2,1-5H3,(H,26,30)(H,27,28,31)/t18-/m0/s1. The van der Waals surface area contributed by atoms with Gasteiger partial charge in [-0.1, -0.05) is 12.1 Å². The van der Waals surface area contributed by atoms with Gasteiger partial charge in [0, 0.05) is 28.5 Å². The van der Waals surface area contributed by atoms with Crippen molar-refractivity contribution < 1.29 is 4.79 Å². The van der Waals surface area contributed by atoms with Crippen molar-refractivity contribution in [1.82, 2.24) is 19.9 Å². The van der Waals surface area contributed by atoms with Gasteiger partial charge in [0.15, 0.2) is 0 Å². The summed E-state index contributed by atoms with van der Waals surface area (Å²) in [6, 6.07) is 12.4. The van der Waals surface area contributed by atoms with Gasteiger partial charge >= 0.3 is 0 Å². The average Bonchev–Trinajstić information content (AvgIpc) is 3.28. The second-order valence-electron chi connectivity index (χ2n) is 8.27. The Kier molecular flexibility index (Phi) is 6.76. The van der Waals surface area contributed by atoms with Crippen LogP contribution < -0.4 is 10.9 Å². The zero-order valence-electron chi connectivity index (χ0n) is 19.5. The molecule has 1 atom stereocenters. The number of fused-ring (bicyclic) bond motifs is 1. The molecule has 0 bridgehead atoms. The first-order chi connectivity index (χ1) is 15.7. The highest BCUT2D eigenvalue weighted by molar-refractivity contribution is 7.99. The summed E-state index contributed by atoms with van der Waals surface area (Å²) in [4.78, 5) is 34.3. The molecule has 0 aliphatic carbocycles. The number of hydrogen-bond acceptors (Lipinski definition) is 5. The Labute approximate surface area is 201 Å². The van der Waals surface area contributed by atoms with Crippen LogP contribution in [0.2, 0.25) is 0 Å². The van der Waals surface area contributed by atoms with E-state index in [4.69, 9.17) is 0 Å². The van der Waals surface area contributed by atoms with Crippen LogP contribution in [0.3, 0.4) is 0 Å². The molecule has 2 N–H and O–H groups in total. The van der Waals surface area contributed by atoms with Gasteiger partial charge in [-0.3, -0.25) is 9.59 Å². The van der Waals surface area contributed by atoms with Crippen LogP contribution in [0.25, 0.3) is 15.9 Å². The topological polar surface area (TPSA) is 79.8 Å². The summed E-state index contributed by atoms with van der Waals surface area (Å²) >= 11 is 3.00. The molecule has 4 aromatic rings. The highest BCUT2D eigenvalue weighted by atomic mass is 32.2. The summed E-state index contributed by atoms with van der Waals surface area (Å²) in [5, 5.41) is 3.42. The molecule has 3 heterocycles. The first kappa shape index (κ1) is 23.3. The van der Waals surface area contributed by atoms with E-state index in [0.29, 0.717) is 23.5 Å². The van der Waals surface area contributed by atoms with E-state index in [1.807, 2.05) is 32.9 Å². The van der Waals surface area contributed by atoms with E-state index in [-0.39, 0.29) is 16.7 Å². The number of thiophene rings is 1. The molecule has 0 fully saturated rings. The molecule has 0 spiro atoms. The molecule has 172 valence electrons. The first-order valence-corrected chi connectivity index (χ1v) is 12.7. The molecule has 8 heteroatoms. The summed E-state index contributed by atoms with van der Waals surface area (Å²) in [6.45, 7) is 10.5. The van der Waals surface area contributed by atoms with Gasteiger partial charge in [0.05, 0.1) is 16.4 Å². The van der Waals surface area contributed by atoms with Crippen molar-refractivity contribution in [2.24, 2.45) is 0 Å². The zero-order chi connectivity index (χ0) is 23.7. The molecule has 3 aromatic heterocycles. The smallest absolute Gasteiger partial charge is 0.259 e. The number of carbonyl (C=O) groups is 1. The Morgan fingerprint density at radius 1 is 1.12 bits per heavy atom. The van der Waals surface area contributed by atoms with Crippen LogP contribution in [-0.4, -0.2) is 25.7 Å². The summed E-state index contributed by atoms with van der Waals surface area (Å²) in [5.74, 6) is 1.04. The number of hydrogen-bond donors (Lipinski definition) is 2. The van der Waals surface area contributed by atoms with Crippen LogP contribution in [0.5, 0.6) is 0 Å². The largest absolute Gasteiger partial charge is 0.351 e. The quantitative estimate of drug-likeness (QED) is 0.392. The maximum Gasteiger partial charge on any atom is 0.259 e. The number of benzene rings is 1. The van der Waals surface area contributed by atoms with E-state index < -0.39 is 0 Å². The van der Waals surface area contributed by atoms with E-state index in [0.717, 1.165) is 26.5 Å². The van der Waals surface area contributed by atoms with Crippen LogP contribution in [0.4, 0.5) is 0 Å². The van der Waals surface area contributed by atoms with Crippen molar-refractivity contribution in [1.29, 1.82) is 0 Å². The molecule has 0 unspecified atom stereocenters. The second-order valence-corrected chi connectivity index (χ2v) is 10.8. The Hall–Kier alpha value is -2.84. The van der Waals surface area contributed by atoms with Crippen LogP contribution >= 0.6 is 23.1 Å². The molecule has 6 nitrogen and oxygen atoms in total. The summed E-state index contributed by atoms with van der Waals surface area (Å²) in [5.41, 5.74) is 5.43. The number of carbonyl (C=O) groups excluding carboxylic acids is 1. The van der Waals surface area contributed by atoms with E-state index in [2.05, 4.69) is 58.0 Å². The number of H-pyrrole nitrogens is 1. The van der Waals surface area contributed by atoms with E-state index in [9.17, 15) is 9.59 Å². The molecule has 0 radical (unpaired) electrons. The number of aromatic nitrogens is 3. The molecule has 4 rings (SSSR count). The Morgan fingerprint density at radius 3 is 2.45 bits per heavy atom. The fourth-order valence-corrected chi connectivity index (χ4v) is 5.65. The lowest BCUT2D eigenvalue weighted by Crippen LogP contribution is -2.30. The molecule has 33 heavy (non-hydrogen) atoms. The van der Waals surface area contributed by atoms with Gasteiger partial charge in [-0.15, -0.1) is 23.1 Å². The van der Waals surface area contributed by atoms with Gasteiger partial charge in [-0.25, -0.2) is 4.98 Å². The number of aryl methyl sites for hydroxylation is 4. The maximum absolute atomic E-state index is 12.6. The molecule has 0 saturated carbocycles. The second kappa shape index (κ2) is 9.57. The van der Waals surface area contributed by atoms with Gasteiger partial charge in [-0.2, -0.15) is 0 Å². The Bertz CT molecular complexity index is 1350. The lowest BCUT2D eigenvalue weighted by molar-refractivity contribution is -0.120. The summed E-state index contributed by atoms with van der Waals surface area (Å²) in [7, 11) is 0. The maximum atomic E-state index is 12.6. The molecule has 0 saturated heterocycles. The van der Waals surface area contributed by atoms with Crippen molar-refractivity contribution in [3.8, 4) is 5.69 Å². The van der Waals surface area contributed by atoms with Gasteiger partial charge in [-0.05, 0) is 70.0 Å². The van der Waals surface area contributed by atoms with Crippen molar-refractivity contribution in [2.45, 2.75) is 52.2 Å². The zero-order valence-corrected chi connectivity index (χ0v) is 21.1. The number of thioether (sulfide) groups is 1. The van der Waals surface area contributed by atoms with Crippen molar-refractivity contribution >= 4 is 39.2 Å². The summed E-state index contributed by atoms with van der Waals surface area (Å²) < 4.78 is 2.20. The number of amides is 1. The predicted octanol–water partition coefficient (Wildman–Crippen LogP) is 4.95. The minimum absolute atomic E-state index is 0.0348. The van der Waals surface area contributed by atoms with E-state index >= 15 is 0 Å². The number of aromatic amines is 1. The Balaban J connectivity index is 1.33. The highest BCUT2D eigenvalue weighted by Gasteiger charge is 2.16. The van der Waals surface area contributed by atoms with Crippen LogP contribution in [-0.2, 0) is 17.1 Å². The minimum atomic E-state index is -0.262. The third-order valence-electron chi connectivity index (χ3n) is 5.86. The van der Waals surface area contributed by atoms with Crippen molar-refractivity contribution in [3.05, 3.63) is 80.0 Å². The lowest BCUT2D eigenvalue weighted by Gasteiger charge is -2.13. The molecule has 0 aliphatic rings. The van der Waals surface area contributed by atoms with Gasteiger partial charge in [0.2, 0.25) is 5.91 Å². The van der Waals surface area contributed by atoms with Gasteiger partial charge in [0.1, 0.15) is 10.7 Å². The molecular formula is C25H28N4O2S2. The van der Waals surface area contributed by atoms with E-state index in [1.54, 1.807) is 0 Å². The normalized spacial score (nSPS) is 12.3. The third kappa shape index (κ3) is 4.91. The van der Waals surface area contributed by atoms with Crippen LogP contribution in [0.1, 0.15) is 40.1 Å². The summed E-state index contributed by atoms with van der Waals surface area (Å²) in [6.07, 6.45) is 0. The van der Waals surface area contributed by atoms with E-state index in [1.165, 1.54) is 34.5 Å².